The molecule has 0 spiro atoms. The van der Waals surface area contributed by atoms with Crippen LogP contribution in [0.25, 0.3) is 0 Å². The molecule has 0 amide bonds. The molecule has 4 atom stereocenters. The highest BCUT2D eigenvalue weighted by Crippen LogP contribution is 2.33. The van der Waals surface area contributed by atoms with Crippen molar-refractivity contribution >= 4 is 11.3 Å². The second-order valence-corrected chi connectivity index (χ2v) is 7.39. The van der Waals surface area contributed by atoms with Crippen molar-refractivity contribution in [1.29, 1.82) is 0 Å². The quantitative estimate of drug-likeness (QED) is 0.820. The predicted octanol–water partition coefficient (Wildman–Crippen LogP) is 4.86. The van der Waals surface area contributed by atoms with E-state index in [1.807, 2.05) is 11.3 Å². The van der Waals surface area contributed by atoms with Gasteiger partial charge in [-0.1, -0.05) is 33.8 Å². The maximum absolute atomic E-state index is 3.94. The Labute approximate surface area is 116 Å². The molecule has 1 saturated carbocycles. The third-order valence-corrected chi connectivity index (χ3v) is 5.30. The van der Waals surface area contributed by atoms with E-state index < -0.39 is 0 Å². The van der Waals surface area contributed by atoms with Crippen molar-refractivity contribution in [3.05, 3.63) is 22.4 Å². The molecule has 4 unspecified atom stereocenters. The summed E-state index contributed by atoms with van der Waals surface area (Å²) in [5.41, 5.74) is 0. The standard InChI is InChI=1S/C16H27NS/c1-11(2)16(15-6-5-9-18-15)17-14-8-7-12(3)10-13(14)4/h5-6,9,11-14,16-17H,7-8,10H2,1-4H3. The molecular weight excluding hydrogens is 238 g/mol. The molecule has 1 aliphatic rings. The third-order valence-electron chi connectivity index (χ3n) is 4.34. The fraction of sp³-hybridized carbons (Fsp3) is 0.750. The summed E-state index contributed by atoms with van der Waals surface area (Å²) in [5.74, 6) is 2.39. The van der Waals surface area contributed by atoms with Crippen LogP contribution in [0.15, 0.2) is 17.5 Å². The highest BCUT2D eigenvalue weighted by Gasteiger charge is 2.28. The summed E-state index contributed by atoms with van der Waals surface area (Å²) in [6, 6.07) is 5.68. The van der Waals surface area contributed by atoms with Crippen LogP contribution >= 0.6 is 11.3 Å². The van der Waals surface area contributed by atoms with Gasteiger partial charge in [-0.05, 0) is 48.5 Å². The van der Waals surface area contributed by atoms with Crippen molar-refractivity contribution in [2.75, 3.05) is 0 Å². The van der Waals surface area contributed by atoms with Gasteiger partial charge in [-0.25, -0.2) is 0 Å². The summed E-state index contributed by atoms with van der Waals surface area (Å²) in [7, 11) is 0. The van der Waals surface area contributed by atoms with Crippen LogP contribution in [-0.4, -0.2) is 6.04 Å². The molecule has 1 aromatic rings. The van der Waals surface area contributed by atoms with E-state index >= 15 is 0 Å². The zero-order chi connectivity index (χ0) is 13.1. The van der Waals surface area contributed by atoms with Crippen molar-refractivity contribution in [2.24, 2.45) is 17.8 Å². The van der Waals surface area contributed by atoms with Gasteiger partial charge in [0, 0.05) is 17.0 Å². The first-order valence-corrected chi connectivity index (χ1v) is 8.25. The summed E-state index contributed by atoms with van der Waals surface area (Å²) in [5, 5.41) is 6.13. The van der Waals surface area contributed by atoms with Gasteiger partial charge >= 0.3 is 0 Å². The molecule has 0 saturated heterocycles. The smallest absolute Gasteiger partial charge is 0.0440 e. The first-order valence-electron chi connectivity index (χ1n) is 7.37. The van der Waals surface area contributed by atoms with Crippen molar-refractivity contribution in [1.82, 2.24) is 5.32 Å². The van der Waals surface area contributed by atoms with Crippen molar-refractivity contribution in [3.63, 3.8) is 0 Å². The lowest BCUT2D eigenvalue weighted by atomic mass is 9.79. The van der Waals surface area contributed by atoms with E-state index in [0.717, 1.165) is 11.8 Å². The van der Waals surface area contributed by atoms with E-state index in [-0.39, 0.29) is 0 Å². The first-order chi connectivity index (χ1) is 8.58. The lowest BCUT2D eigenvalue weighted by Gasteiger charge is -2.37. The summed E-state index contributed by atoms with van der Waals surface area (Å²) >= 11 is 1.89. The Hall–Kier alpha value is -0.340. The second-order valence-electron chi connectivity index (χ2n) is 6.41. The maximum Gasteiger partial charge on any atom is 0.0440 e. The van der Waals surface area contributed by atoms with Crippen LogP contribution in [0.5, 0.6) is 0 Å². The van der Waals surface area contributed by atoms with Gasteiger partial charge in [-0.3, -0.25) is 0 Å². The van der Waals surface area contributed by atoms with Gasteiger partial charge in [0.25, 0.3) is 0 Å². The Balaban J connectivity index is 2.01. The molecule has 1 N–H and O–H groups in total. The minimum absolute atomic E-state index is 0.533. The van der Waals surface area contributed by atoms with Crippen LogP contribution in [0.1, 0.15) is 57.9 Å². The van der Waals surface area contributed by atoms with E-state index in [9.17, 15) is 0 Å². The summed E-state index contributed by atoms with van der Waals surface area (Å²) in [6.45, 7) is 9.46. The van der Waals surface area contributed by atoms with E-state index in [2.05, 4.69) is 50.5 Å². The normalized spacial score (nSPS) is 30.6. The van der Waals surface area contributed by atoms with Gasteiger partial charge in [0.15, 0.2) is 0 Å². The van der Waals surface area contributed by atoms with Gasteiger partial charge in [-0.2, -0.15) is 0 Å². The van der Waals surface area contributed by atoms with Crippen LogP contribution in [-0.2, 0) is 0 Å². The third kappa shape index (κ3) is 3.36. The monoisotopic (exact) mass is 265 g/mol. The zero-order valence-electron chi connectivity index (χ0n) is 12.1. The minimum Gasteiger partial charge on any atom is -0.306 e. The number of thiophene rings is 1. The highest BCUT2D eigenvalue weighted by atomic mass is 32.1. The summed E-state index contributed by atoms with van der Waals surface area (Å²) in [6.07, 6.45) is 4.11. The Morgan fingerprint density at radius 2 is 2.06 bits per heavy atom. The van der Waals surface area contributed by atoms with Gasteiger partial charge in [0.1, 0.15) is 0 Å². The van der Waals surface area contributed by atoms with Gasteiger partial charge in [0.2, 0.25) is 0 Å². The number of rotatable bonds is 4. The van der Waals surface area contributed by atoms with E-state index in [4.69, 9.17) is 0 Å². The van der Waals surface area contributed by atoms with Gasteiger partial charge < -0.3 is 5.32 Å². The van der Waals surface area contributed by atoms with E-state index in [1.165, 1.54) is 24.1 Å². The molecule has 0 aromatic carbocycles. The van der Waals surface area contributed by atoms with Crippen LogP contribution in [0.4, 0.5) is 0 Å². The lowest BCUT2D eigenvalue weighted by Crippen LogP contribution is -2.42. The molecule has 0 aliphatic heterocycles. The van der Waals surface area contributed by atoms with Gasteiger partial charge in [-0.15, -0.1) is 11.3 Å². The van der Waals surface area contributed by atoms with Crippen molar-refractivity contribution in [3.8, 4) is 0 Å². The highest BCUT2D eigenvalue weighted by molar-refractivity contribution is 7.10. The molecule has 18 heavy (non-hydrogen) atoms. The Morgan fingerprint density at radius 1 is 1.28 bits per heavy atom. The Kier molecular flexibility index (Phi) is 4.85. The molecule has 102 valence electrons. The average molecular weight is 265 g/mol. The van der Waals surface area contributed by atoms with E-state index in [1.54, 1.807) is 0 Å². The number of nitrogens with one attached hydrogen (secondary N) is 1. The first kappa shape index (κ1) is 14.1. The van der Waals surface area contributed by atoms with Crippen LogP contribution in [0.3, 0.4) is 0 Å². The second kappa shape index (κ2) is 6.21. The van der Waals surface area contributed by atoms with Crippen molar-refractivity contribution < 1.29 is 0 Å². The SMILES string of the molecule is CC1CCC(NC(c2cccs2)C(C)C)C(C)C1. The Morgan fingerprint density at radius 3 is 2.61 bits per heavy atom. The summed E-state index contributed by atoms with van der Waals surface area (Å²) < 4.78 is 0. The fourth-order valence-electron chi connectivity index (χ4n) is 3.21. The maximum atomic E-state index is 3.94. The van der Waals surface area contributed by atoms with Gasteiger partial charge in [0.05, 0.1) is 0 Å². The van der Waals surface area contributed by atoms with E-state index in [0.29, 0.717) is 18.0 Å². The van der Waals surface area contributed by atoms with Crippen LogP contribution in [0.2, 0.25) is 0 Å². The minimum atomic E-state index is 0.533. The molecule has 0 radical (unpaired) electrons. The zero-order valence-corrected chi connectivity index (χ0v) is 13.0. The molecule has 2 rings (SSSR count). The molecule has 1 aromatic heterocycles. The van der Waals surface area contributed by atoms with Crippen LogP contribution < -0.4 is 5.32 Å². The predicted molar refractivity (Wildman–Crippen MR) is 81.0 cm³/mol. The summed E-state index contributed by atoms with van der Waals surface area (Å²) in [4.78, 5) is 1.50. The molecule has 0 bridgehead atoms. The fourth-order valence-corrected chi connectivity index (χ4v) is 4.17. The van der Waals surface area contributed by atoms with Crippen molar-refractivity contribution in [2.45, 2.75) is 59.0 Å². The molecule has 1 aliphatic carbocycles. The van der Waals surface area contributed by atoms with Crippen LogP contribution in [0, 0.1) is 17.8 Å². The topological polar surface area (TPSA) is 12.0 Å². The molecule has 1 fully saturated rings. The number of hydrogen-bond donors (Lipinski definition) is 1. The Bertz CT molecular complexity index is 344. The largest absolute Gasteiger partial charge is 0.306 e. The molecule has 1 nitrogen and oxygen atoms in total. The molecule has 2 heteroatoms. The molecule has 1 heterocycles. The lowest BCUT2D eigenvalue weighted by molar-refractivity contribution is 0.201. The molecular formula is C16H27NS. The average Bonchev–Trinajstić information content (AvgIpc) is 2.80. The number of hydrogen-bond acceptors (Lipinski definition) is 2.